The Morgan fingerprint density at radius 3 is 1.12 bits per heavy atom. The van der Waals surface area contributed by atoms with Crippen molar-refractivity contribution < 1.29 is 14.4 Å². The molecule has 0 aromatic carbocycles. The number of nitrogens with zero attached hydrogens (tertiary/aromatic N) is 2. The second kappa shape index (κ2) is 25.1. The van der Waals surface area contributed by atoms with Crippen molar-refractivity contribution >= 4 is 5.97 Å². The monoisotopic (exact) mass is 360 g/mol. The van der Waals surface area contributed by atoms with Crippen LogP contribution >= 0.6 is 0 Å². The molecule has 0 saturated carbocycles. The van der Waals surface area contributed by atoms with Crippen LogP contribution < -0.4 is 6.15 Å². The van der Waals surface area contributed by atoms with Crippen LogP contribution in [0.2, 0.25) is 0 Å². The largest absolute Gasteiger partial charge is 0.481 e. The molecule has 0 aromatic heterocycles. The number of nitriles is 1. The molecule has 0 aliphatic heterocycles. The molecule has 0 aliphatic rings. The highest BCUT2D eigenvalue weighted by Gasteiger charge is 2.24. The van der Waals surface area contributed by atoms with E-state index in [1.807, 2.05) is 0 Å². The fourth-order valence-corrected chi connectivity index (χ4v) is 2.64. The molecule has 0 amide bonds. The van der Waals surface area contributed by atoms with Crippen molar-refractivity contribution in [2.24, 2.45) is 0 Å². The Hall–Kier alpha value is -1.12. The first kappa shape index (κ1) is 31.6. The summed E-state index contributed by atoms with van der Waals surface area (Å²) < 4.78 is 1.42. The summed E-state index contributed by atoms with van der Waals surface area (Å²) in [7, 11) is 0. The van der Waals surface area contributed by atoms with Gasteiger partial charge in [0.15, 0.2) is 0 Å². The van der Waals surface area contributed by atoms with Crippen molar-refractivity contribution in [1.82, 2.24) is 6.15 Å². The van der Waals surface area contributed by atoms with Gasteiger partial charge in [0.2, 0.25) is 0 Å². The van der Waals surface area contributed by atoms with Gasteiger partial charge in [-0.3, -0.25) is 4.79 Å². The molecular formula is C20H46N3O2+. The maximum Gasteiger partial charge on any atom is 0.300 e. The molecule has 0 rings (SSSR count). The van der Waals surface area contributed by atoms with Gasteiger partial charge in [-0.2, -0.15) is 5.26 Å². The van der Waals surface area contributed by atoms with E-state index in [2.05, 4.69) is 27.7 Å². The molecule has 5 heteroatoms. The molecule has 25 heavy (non-hydrogen) atoms. The standard InChI is InChI=1S/C16H36N.C2H3N.C2H4O2.H3N/c1-5-9-13-17(14-10-6-2,15-11-7-3)16-12-8-4;1-2-3;1-2(3)4;/h5-16H2,1-4H3;1H3;1H3,(H,3,4);1H3/q+1;;;. The average Bonchev–Trinajstić information content (AvgIpc) is 2.54. The molecule has 0 aliphatic carbocycles. The van der Waals surface area contributed by atoms with Gasteiger partial charge < -0.3 is 15.7 Å². The normalized spacial score (nSPS) is 9.48. The van der Waals surface area contributed by atoms with Gasteiger partial charge in [0.25, 0.3) is 5.97 Å². The lowest BCUT2D eigenvalue weighted by molar-refractivity contribution is -0.929. The molecule has 152 valence electrons. The topological polar surface area (TPSA) is 96.1 Å². The van der Waals surface area contributed by atoms with Crippen LogP contribution in [-0.4, -0.2) is 41.7 Å². The Kier molecular flexibility index (Phi) is 31.8. The summed E-state index contributed by atoms with van der Waals surface area (Å²) in [5.41, 5.74) is 0. The summed E-state index contributed by atoms with van der Waals surface area (Å²) in [5, 5.41) is 14.7. The molecule has 0 saturated heterocycles. The van der Waals surface area contributed by atoms with E-state index in [1.54, 1.807) is 6.07 Å². The highest BCUT2D eigenvalue weighted by atomic mass is 16.4. The quantitative estimate of drug-likeness (QED) is 0.431. The number of carbonyl (C=O) groups is 1. The highest BCUT2D eigenvalue weighted by molar-refractivity contribution is 5.62. The SMILES string of the molecule is CC#N.CC(=O)O.CCCC[N+](CCCC)(CCCC)CCCC.N. The number of quaternary nitrogens is 1. The number of aliphatic carboxylic acids is 1. The van der Waals surface area contributed by atoms with Crippen LogP contribution in [0.5, 0.6) is 0 Å². The van der Waals surface area contributed by atoms with Crippen LogP contribution in [0.15, 0.2) is 0 Å². The summed E-state index contributed by atoms with van der Waals surface area (Å²) in [6.45, 7) is 17.5. The van der Waals surface area contributed by atoms with E-state index in [0.717, 1.165) is 6.92 Å². The zero-order valence-corrected chi connectivity index (χ0v) is 17.9. The number of unbranched alkanes of at least 4 members (excludes halogenated alkanes) is 4. The van der Waals surface area contributed by atoms with Gasteiger partial charge in [-0.1, -0.05) is 53.4 Å². The average molecular weight is 361 g/mol. The Morgan fingerprint density at radius 1 is 0.840 bits per heavy atom. The van der Waals surface area contributed by atoms with E-state index in [4.69, 9.17) is 15.2 Å². The first-order chi connectivity index (χ1) is 11.4. The second-order valence-corrected chi connectivity index (χ2v) is 6.39. The second-order valence-electron chi connectivity index (χ2n) is 6.39. The molecule has 0 bridgehead atoms. The lowest BCUT2D eigenvalue weighted by Gasteiger charge is -2.39. The molecule has 0 spiro atoms. The molecule has 0 unspecified atom stereocenters. The molecule has 4 N–H and O–H groups in total. The smallest absolute Gasteiger partial charge is 0.300 e. The predicted molar refractivity (Wildman–Crippen MR) is 109 cm³/mol. The minimum Gasteiger partial charge on any atom is -0.481 e. The molecule has 5 nitrogen and oxygen atoms in total. The van der Waals surface area contributed by atoms with Crippen molar-refractivity contribution in [1.29, 1.82) is 5.26 Å². The van der Waals surface area contributed by atoms with Crippen LogP contribution in [0.25, 0.3) is 0 Å². The van der Waals surface area contributed by atoms with Crippen molar-refractivity contribution in [2.75, 3.05) is 26.2 Å². The van der Waals surface area contributed by atoms with Gasteiger partial charge in [-0.05, 0) is 25.7 Å². The van der Waals surface area contributed by atoms with Gasteiger partial charge in [0, 0.05) is 13.8 Å². The summed E-state index contributed by atoms with van der Waals surface area (Å²) in [4.78, 5) is 9.00. The zero-order valence-electron chi connectivity index (χ0n) is 17.9. The van der Waals surface area contributed by atoms with E-state index in [1.165, 1.54) is 89.0 Å². The van der Waals surface area contributed by atoms with Gasteiger partial charge in [-0.15, -0.1) is 0 Å². The molecule has 0 heterocycles. The van der Waals surface area contributed by atoms with Crippen LogP contribution in [0.4, 0.5) is 0 Å². The first-order valence-electron chi connectivity index (χ1n) is 9.74. The van der Waals surface area contributed by atoms with Crippen molar-refractivity contribution in [3.05, 3.63) is 0 Å². The number of carboxylic acids is 1. The minimum atomic E-state index is -0.833. The fraction of sp³-hybridized carbons (Fsp3) is 0.900. The van der Waals surface area contributed by atoms with E-state index in [-0.39, 0.29) is 6.15 Å². The molecule has 0 radical (unpaired) electrons. The molecule has 0 fully saturated rings. The lowest BCUT2D eigenvalue weighted by atomic mass is 10.1. The fourth-order valence-electron chi connectivity index (χ4n) is 2.64. The number of hydrogen-bond acceptors (Lipinski definition) is 3. The Morgan fingerprint density at radius 2 is 1.00 bits per heavy atom. The summed E-state index contributed by atoms with van der Waals surface area (Å²) in [5.74, 6) is -0.833. The highest BCUT2D eigenvalue weighted by Crippen LogP contribution is 2.16. The third kappa shape index (κ3) is 28.0. The third-order valence-corrected chi connectivity index (χ3v) is 3.94. The van der Waals surface area contributed by atoms with Crippen LogP contribution in [0.1, 0.15) is 92.9 Å². The zero-order chi connectivity index (χ0) is 19.3. The summed E-state index contributed by atoms with van der Waals surface area (Å²) in [6, 6.07) is 1.75. The van der Waals surface area contributed by atoms with Crippen LogP contribution in [0.3, 0.4) is 0 Å². The van der Waals surface area contributed by atoms with Crippen molar-refractivity contribution in [2.45, 2.75) is 92.9 Å². The minimum absolute atomic E-state index is 0. The Balaban J connectivity index is -0.000000235. The Bertz CT molecular complexity index is 260. The maximum atomic E-state index is 9.00. The lowest BCUT2D eigenvalue weighted by Crippen LogP contribution is -2.50. The number of carboxylic acid groups (broad SMARTS) is 1. The van der Waals surface area contributed by atoms with Crippen molar-refractivity contribution in [3.8, 4) is 6.07 Å². The van der Waals surface area contributed by atoms with Crippen molar-refractivity contribution in [3.63, 3.8) is 0 Å². The van der Waals surface area contributed by atoms with E-state index in [9.17, 15) is 0 Å². The van der Waals surface area contributed by atoms with Gasteiger partial charge in [-0.25, -0.2) is 0 Å². The molecule has 0 aromatic rings. The van der Waals surface area contributed by atoms with E-state index >= 15 is 0 Å². The van der Waals surface area contributed by atoms with Gasteiger partial charge in [0.05, 0.1) is 32.2 Å². The third-order valence-electron chi connectivity index (χ3n) is 3.94. The molecule has 0 atom stereocenters. The van der Waals surface area contributed by atoms with Crippen LogP contribution in [0, 0.1) is 11.3 Å². The van der Waals surface area contributed by atoms with E-state index in [0.29, 0.717) is 0 Å². The number of rotatable bonds is 12. The summed E-state index contributed by atoms with van der Waals surface area (Å²) >= 11 is 0. The van der Waals surface area contributed by atoms with E-state index < -0.39 is 5.97 Å². The molecular weight excluding hydrogens is 314 g/mol. The van der Waals surface area contributed by atoms with Crippen LogP contribution in [-0.2, 0) is 4.79 Å². The Labute approximate surface area is 157 Å². The predicted octanol–water partition coefficient (Wildman–Crippen LogP) is 5.79. The maximum absolute atomic E-state index is 9.00. The van der Waals surface area contributed by atoms with Gasteiger partial charge >= 0.3 is 0 Å². The number of hydrogen-bond donors (Lipinski definition) is 2. The van der Waals surface area contributed by atoms with Gasteiger partial charge in [0.1, 0.15) is 0 Å². The summed E-state index contributed by atoms with van der Waals surface area (Å²) in [6.07, 6.45) is 11.1. The first-order valence-corrected chi connectivity index (χ1v) is 9.74.